The Morgan fingerprint density at radius 2 is 1.73 bits per heavy atom. The molecule has 0 unspecified atom stereocenters. The van der Waals surface area contributed by atoms with Gasteiger partial charge in [0.15, 0.2) is 0 Å². The molecular weight excluding hydrogens is 341 g/mol. The molecule has 1 aromatic rings. The molecule has 2 heterocycles. The first-order valence-electron chi connectivity index (χ1n) is 8.81. The topological polar surface area (TPSA) is 79.0 Å². The summed E-state index contributed by atoms with van der Waals surface area (Å²) in [4.78, 5) is 38.1. The molecule has 0 atom stereocenters. The molecule has 1 aromatic carbocycles. The second-order valence-corrected chi connectivity index (χ2v) is 6.43. The second-order valence-electron chi connectivity index (χ2n) is 6.43. The first kappa shape index (κ1) is 18.2. The molecule has 0 spiro atoms. The molecule has 0 bridgehead atoms. The van der Waals surface area contributed by atoms with Crippen LogP contribution in [0, 0.1) is 5.82 Å². The maximum atomic E-state index is 12.9. The maximum absolute atomic E-state index is 12.9. The molecule has 1 N–H and O–H groups in total. The minimum absolute atomic E-state index is 0.00986. The smallest absolute Gasteiger partial charge is 0.317 e. The summed E-state index contributed by atoms with van der Waals surface area (Å²) < 4.78 is 18.7. The van der Waals surface area contributed by atoms with E-state index in [-0.39, 0.29) is 55.7 Å². The number of hydrogen-bond acceptors (Lipinski definition) is 4. The zero-order valence-electron chi connectivity index (χ0n) is 14.4. The fourth-order valence-corrected chi connectivity index (χ4v) is 3.14. The number of carbonyl (C=O) groups is 3. The molecule has 2 saturated heterocycles. The first-order valence-corrected chi connectivity index (χ1v) is 8.81. The highest BCUT2D eigenvalue weighted by atomic mass is 19.1. The first-order chi connectivity index (χ1) is 12.5. The fraction of sp³-hybridized carbons (Fsp3) is 0.500. The van der Waals surface area contributed by atoms with E-state index in [9.17, 15) is 18.8 Å². The third-order valence-corrected chi connectivity index (χ3v) is 4.61. The number of urea groups is 1. The van der Waals surface area contributed by atoms with Gasteiger partial charge in [-0.2, -0.15) is 0 Å². The molecule has 2 fully saturated rings. The van der Waals surface area contributed by atoms with E-state index >= 15 is 0 Å². The summed E-state index contributed by atoms with van der Waals surface area (Å²) in [6.07, 6.45) is 1.88. The van der Waals surface area contributed by atoms with Gasteiger partial charge in [0, 0.05) is 51.9 Å². The molecule has 26 heavy (non-hydrogen) atoms. The second kappa shape index (κ2) is 8.16. The van der Waals surface area contributed by atoms with Gasteiger partial charge in [0.25, 0.3) is 0 Å². The molecule has 7 nitrogen and oxygen atoms in total. The van der Waals surface area contributed by atoms with Crippen LogP contribution < -0.4 is 10.1 Å². The number of hydrogen-bond donors (Lipinski definition) is 1. The van der Waals surface area contributed by atoms with E-state index in [2.05, 4.69) is 5.32 Å². The Hall–Kier alpha value is -2.64. The van der Waals surface area contributed by atoms with Crippen molar-refractivity contribution in [3.63, 3.8) is 0 Å². The van der Waals surface area contributed by atoms with Crippen LogP contribution in [-0.4, -0.2) is 59.9 Å². The maximum Gasteiger partial charge on any atom is 0.317 e. The van der Waals surface area contributed by atoms with Crippen molar-refractivity contribution in [1.82, 2.24) is 15.1 Å². The van der Waals surface area contributed by atoms with Gasteiger partial charge < -0.3 is 15.0 Å². The van der Waals surface area contributed by atoms with Crippen LogP contribution in [0.4, 0.5) is 9.18 Å². The van der Waals surface area contributed by atoms with E-state index in [4.69, 9.17) is 4.74 Å². The van der Waals surface area contributed by atoms with Crippen molar-refractivity contribution < 1.29 is 23.5 Å². The van der Waals surface area contributed by atoms with Gasteiger partial charge in [-0.3, -0.25) is 14.5 Å². The molecule has 0 saturated carbocycles. The zero-order valence-corrected chi connectivity index (χ0v) is 14.4. The highest BCUT2D eigenvalue weighted by Crippen LogP contribution is 2.19. The monoisotopic (exact) mass is 363 g/mol. The van der Waals surface area contributed by atoms with Gasteiger partial charge in [0.05, 0.1) is 0 Å². The Morgan fingerprint density at radius 1 is 1.12 bits per heavy atom. The number of ether oxygens (including phenoxy) is 1. The number of amides is 4. The molecule has 140 valence electrons. The number of carbonyl (C=O) groups excluding carboxylic acids is 3. The Balaban J connectivity index is 1.37. The SMILES string of the molecule is O=C(NCCN1C(=O)CCC1=O)N1CCC(Oc2ccc(F)cc2)CC1. The van der Waals surface area contributed by atoms with Crippen LogP contribution in [-0.2, 0) is 9.59 Å². The highest BCUT2D eigenvalue weighted by Gasteiger charge is 2.29. The molecule has 4 amide bonds. The fourth-order valence-electron chi connectivity index (χ4n) is 3.14. The predicted molar refractivity (Wildman–Crippen MR) is 91.0 cm³/mol. The Bertz CT molecular complexity index is 656. The van der Waals surface area contributed by atoms with Crippen LogP contribution in [0.15, 0.2) is 24.3 Å². The van der Waals surface area contributed by atoms with E-state index in [1.54, 1.807) is 17.0 Å². The van der Waals surface area contributed by atoms with Crippen LogP contribution in [0.25, 0.3) is 0 Å². The number of likely N-dealkylation sites (tertiary alicyclic amines) is 2. The van der Waals surface area contributed by atoms with Crippen molar-refractivity contribution in [3.8, 4) is 5.75 Å². The molecule has 2 aliphatic heterocycles. The van der Waals surface area contributed by atoms with E-state index in [1.807, 2.05) is 0 Å². The van der Waals surface area contributed by atoms with Crippen molar-refractivity contribution in [3.05, 3.63) is 30.1 Å². The van der Waals surface area contributed by atoms with E-state index < -0.39 is 0 Å². The third kappa shape index (κ3) is 4.50. The van der Waals surface area contributed by atoms with Crippen molar-refractivity contribution in [2.75, 3.05) is 26.2 Å². The van der Waals surface area contributed by atoms with Crippen molar-refractivity contribution in [2.45, 2.75) is 31.8 Å². The summed E-state index contributed by atoms with van der Waals surface area (Å²) in [6.45, 7) is 1.58. The molecule has 0 aliphatic carbocycles. The number of imide groups is 1. The predicted octanol–water partition coefficient (Wildman–Crippen LogP) is 1.53. The standard InChI is InChI=1S/C18H22FN3O4/c19-13-1-3-14(4-2-13)26-15-7-10-21(11-8-15)18(25)20-9-12-22-16(23)5-6-17(22)24/h1-4,15H,5-12H2,(H,20,25). The van der Waals surface area contributed by atoms with Crippen LogP contribution in [0.1, 0.15) is 25.7 Å². The van der Waals surface area contributed by atoms with Gasteiger partial charge in [0.2, 0.25) is 11.8 Å². The lowest BCUT2D eigenvalue weighted by Gasteiger charge is -2.32. The minimum atomic E-state index is -0.304. The normalized spacial score (nSPS) is 18.3. The summed E-state index contributed by atoms with van der Waals surface area (Å²) in [5.74, 6) is -0.0403. The van der Waals surface area contributed by atoms with Gasteiger partial charge in [-0.25, -0.2) is 9.18 Å². The Kier molecular flexibility index (Phi) is 5.70. The number of halogens is 1. The lowest BCUT2D eigenvalue weighted by Crippen LogP contribution is -2.48. The highest BCUT2D eigenvalue weighted by molar-refractivity contribution is 6.01. The summed E-state index contributed by atoms with van der Waals surface area (Å²) >= 11 is 0. The number of piperidine rings is 1. The quantitative estimate of drug-likeness (QED) is 0.805. The number of nitrogens with one attached hydrogen (secondary N) is 1. The average Bonchev–Trinajstić information content (AvgIpc) is 2.96. The van der Waals surface area contributed by atoms with Crippen molar-refractivity contribution in [1.29, 1.82) is 0 Å². The summed E-state index contributed by atoms with van der Waals surface area (Å²) in [5, 5.41) is 2.75. The lowest BCUT2D eigenvalue weighted by molar-refractivity contribution is -0.138. The van der Waals surface area contributed by atoms with Crippen molar-refractivity contribution in [2.24, 2.45) is 0 Å². The third-order valence-electron chi connectivity index (χ3n) is 4.61. The zero-order chi connectivity index (χ0) is 18.5. The van der Waals surface area contributed by atoms with Crippen LogP contribution >= 0.6 is 0 Å². The van der Waals surface area contributed by atoms with Crippen LogP contribution in [0.2, 0.25) is 0 Å². The van der Waals surface area contributed by atoms with Gasteiger partial charge in [-0.05, 0) is 24.3 Å². The van der Waals surface area contributed by atoms with Gasteiger partial charge in [-0.15, -0.1) is 0 Å². The lowest BCUT2D eigenvalue weighted by atomic mass is 10.1. The molecule has 2 aliphatic rings. The molecular formula is C18H22FN3O4. The number of benzene rings is 1. The van der Waals surface area contributed by atoms with E-state index in [0.717, 1.165) is 0 Å². The minimum Gasteiger partial charge on any atom is -0.490 e. The summed E-state index contributed by atoms with van der Waals surface area (Å²) in [6, 6.07) is 5.69. The van der Waals surface area contributed by atoms with Crippen molar-refractivity contribution >= 4 is 17.8 Å². The molecule has 0 radical (unpaired) electrons. The summed E-state index contributed by atoms with van der Waals surface area (Å²) in [5.41, 5.74) is 0. The molecule has 0 aromatic heterocycles. The van der Waals surface area contributed by atoms with Gasteiger partial charge >= 0.3 is 6.03 Å². The van der Waals surface area contributed by atoms with Crippen LogP contribution in [0.3, 0.4) is 0 Å². The average molecular weight is 363 g/mol. The van der Waals surface area contributed by atoms with E-state index in [0.29, 0.717) is 31.7 Å². The molecule has 8 heteroatoms. The van der Waals surface area contributed by atoms with Crippen LogP contribution in [0.5, 0.6) is 5.75 Å². The van der Waals surface area contributed by atoms with E-state index in [1.165, 1.54) is 17.0 Å². The van der Waals surface area contributed by atoms with Gasteiger partial charge in [-0.1, -0.05) is 0 Å². The Labute approximate surface area is 151 Å². The summed E-state index contributed by atoms with van der Waals surface area (Å²) in [7, 11) is 0. The van der Waals surface area contributed by atoms with Gasteiger partial charge in [0.1, 0.15) is 17.7 Å². The number of rotatable bonds is 5. The number of nitrogens with zero attached hydrogens (tertiary/aromatic N) is 2. The molecule has 3 rings (SSSR count). The largest absolute Gasteiger partial charge is 0.490 e. The Morgan fingerprint density at radius 3 is 2.35 bits per heavy atom.